The van der Waals surface area contributed by atoms with Crippen molar-refractivity contribution in [1.82, 2.24) is 14.5 Å². The molecule has 0 aliphatic rings. The van der Waals surface area contributed by atoms with Crippen molar-refractivity contribution in [2.45, 2.75) is 13.5 Å². The maximum atomic E-state index is 11.7. The zero-order chi connectivity index (χ0) is 19.5. The van der Waals surface area contributed by atoms with Gasteiger partial charge in [0.05, 0.1) is 6.54 Å². The third kappa shape index (κ3) is 3.68. The van der Waals surface area contributed by atoms with Crippen LogP contribution in [0.1, 0.15) is 5.69 Å². The lowest BCUT2D eigenvalue weighted by Crippen LogP contribution is -2.30. The number of rotatable bonds is 6. The molecule has 7 heteroatoms. The van der Waals surface area contributed by atoms with E-state index in [4.69, 9.17) is 9.47 Å². The summed E-state index contributed by atoms with van der Waals surface area (Å²) in [6.45, 7) is 2.55. The Morgan fingerprint density at radius 3 is 2.54 bits per heavy atom. The molecule has 0 radical (unpaired) electrons. The maximum absolute atomic E-state index is 11.7. The first-order valence-electron chi connectivity index (χ1n) is 8.88. The number of aryl methyl sites for hydroxylation is 1. The summed E-state index contributed by atoms with van der Waals surface area (Å²) in [6, 6.07) is 16.6. The highest BCUT2D eigenvalue weighted by Crippen LogP contribution is 2.35. The van der Waals surface area contributed by atoms with Crippen LogP contribution in [0, 0.1) is 6.92 Å². The molecule has 0 aliphatic heterocycles. The van der Waals surface area contributed by atoms with Crippen molar-refractivity contribution in [3.63, 3.8) is 0 Å². The summed E-state index contributed by atoms with van der Waals surface area (Å²) in [7, 11) is 0. The molecule has 0 fully saturated rings. The van der Waals surface area contributed by atoms with Gasteiger partial charge in [0.1, 0.15) is 12.4 Å². The first-order chi connectivity index (χ1) is 13.6. The summed E-state index contributed by atoms with van der Waals surface area (Å²) in [4.78, 5) is 28.4. The first-order valence-corrected chi connectivity index (χ1v) is 8.88. The molecule has 0 aliphatic carbocycles. The summed E-state index contributed by atoms with van der Waals surface area (Å²) in [5, 5.41) is 0.995. The quantitative estimate of drug-likeness (QED) is 0.540. The van der Waals surface area contributed by atoms with E-state index in [1.807, 2.05) is 55.5 Å². The fraction of sp³-hybridized carbons (Fsp3) is 0.143. The lowest BCUT2D eigenvalue weighted by Gasteiger charge is -2.13. The molecule has 0 atom stereocenters. The number of aromatic nitrogens is 3. The zero-order valence-electron chi connectivity index (χ0n) is 15.3. The average molecular weight is 377 g/mol. The monoisotopic (exact) mass is 377 g/mol. The Kier molecular flexibility index (Phi) is 4.72. The SMILES string of the molecule is Cc1cc2c(Oc3ccccc3OCCn3ccc(=O)[nH]c3=O)cccc2[nH]1. The summed E-state index contributed by atoms with van der Waals surface area (Å²) in [5.41, 5.74) is 1.18. The Bertz CT molecular complexity index is 1240. The lowest BCUT2D eigenvalue weighted by molar-refractivity contribution is 0.283. The van der Waals surface area contributed by atoms with Crippen LogP contribution in [-0.2, 0) is 6.54 Å². The molecule has 142 valence electrons. The van der Waals surface area contributed by atoms with Crippen LogP contribution in [-0.4, -0.2) is 21.1 Å². The van der Waals surface area contributed by atoms with Crippen LogP contribution in [0.25, 0.3) is 10.9 Å². The van der Waals surface area contributed by atoms with Gasteiger partial charge in [0.2, 0.25) is 0 Å². The van der Waals surface area contributed by atoms with Crippen molar-refractivity contribution < 1.29 is 9.47 Å². The van der Waals surface area contributed by atoms with E-state index in [9.17, 15) is 9.59 Å². The summed E-state index contributed by atoms with van der Waals surface area (Å²) < 4.78 is 13.3. The Hall–Kier alpha value is -3.74. The van der Waals surface area contributed by atoms with E-state index in [0.29, 0.717) is 18.0 Å². The lowest BCUT2D eigenvalue weighted by atomic mass is 10.2. The Morgan fingerprint density at radius 1 is 0.929 bits per heavy atom. The van der Waals surface area contributed by atoms with E-state index >= 15 is 0 Å². The van der Waals surface area contributed by atoms with E-state index in [1.165, 1.54) is 16.8 Å². The van der Waals surface area contributed by atoms with Gasteiger partial charge in [-0.3, -0.25) is 14.3 Å². The van der Waals surface area contributed by atoms with Crippen LogP contribution in [0.5, 0.6) is 17.2 Å². The number of hydrogen-bond acceptors (Lipinski definition) is 4. The fourth-order valence-electron chi connectivity index (χ4n) is 3.00. The topological polar surface area (TPSA) is 89.1 Å². The zero-order valence-corrected chi connectivity index (χ0v) is 15.3. The van der Waals surface area contributed by atoms with Crippen LogP contribution >= 0.6 is 0 Å². The second-order valence-corrected chi connectivity index (χ2v) is 6.37. The standard InChI is InChI=1S/C21H19N3O4/c1-14-13-15-16(22-14)5-4-8-17(15)28-19-7-3-2-6-18(19)27-12-11-24-10-9-20(25)23-21(24)26/h2-10,13,22H,11-12H2,1H3,(H,23,25,26). The van der Waals surface area contributed by atoms with Gasteiger partial charge < -0.3 is 14.5 Å². The van der Waals surface area contributed by atoms with Crippen LogP contribution in [0.3, 0.4) is 0 Å². The van der Waals surface area contributed by atoms with Gasteiger partial charge in [-0.2, -0.15) is 0 Å². The number of aromatic amines is 2. The van der Waals surface area contributed by atoms with E-state index < -0.39 is 11.2 Å². The number of nitrogens with one attached hydrogen (secondary N) is 2. The number of hydrogen-bond donors (Lipinski definition) is 2. The van der Waals surface area contributed by atoms with Crippen molar-refractivity contribution in [1.29, 1.82) is 0 Å². The van der Waals surface area contributed by atoms with Gasteiger partial charge in [0, 0.05) is 28.9 Å². The second kappa shape index (κ2) is 7.48. The smallest absolute Gasteiger partial charge is 0.328 e. The molecule has 28 heavy (non-hydrogen) atoms. The molecule has 4 rings (SSSR count). The summed E-state index contributed by atoms with van der Waals surface area (Å²) in [6.07, 6.45) is 1.45. The van der Waals surface area contributed by atoms with Gasteiger partial charge in [-0.1, -0.05) is 18.2 Å². The minimum absolute atomic E-state index is 0.250. The average Bonchev–Trinajstić information content (AvgIpc) is 3.06. The largest absolute Gasteiger partial charge is 0.488 e. The maximum Gasteiger partial charge on any atom is 0.328 e. The molecule has 0 saturated carbocycles. The van der Waals surface area contributed by atoms with Gasteiger partial charge >= 0.3 is 5.69 Å². The van der Waals surface area contributed by atoms with Crippen molar-refractivity contribution in [2.24, 2.45) is 0 Å². The normalized spacial score (nSPS) is 10.9. The fourth-order valence-corrected chi connectivity index (χ4v) is 3.00. The van der Waals surface area contributed by atoms with Crippen LogP contribution in [0.4, 0.5) is 0 Å². The Morgan fingerprint density at radius 2 is 1.71 bits per heavy atom. The van der Waals surface area contributed by atoms with Crippen molar-refractivity contribution in [2.75, 3.05) is 6.61 Å². The number of ether oxygens (including phenoxy) is 2. The summed E-state index contributed by atoms with van der Waals surface area (Å²) in [5.74, 6) is 1.89. The van der Waals surface area contributed by atoms with Crippen molar-refractivity contribution in [3.05, 3.63) is 87.3 Å². The van der Waals surface area contributed by atoms with Crippen LogP contribution in [0.15, 0.2) is 70.4 Å². The molecule has 0 saturated heterocycles. The highest BCUT2D eigenvalue weighted by Gasteiger charge is 2.10. The minimum atomic E-state index is -0.463. The summed E-state index contributed by atoms with van der Waals surface area (Å²) >= 11 is 0. The first kappa shape index (κ1) is 17.7. The molecule has 0 bridgehead atoms. The van der Waals surface area contributed by atoms with Crippen LogP contribution < -0.4 is 20.7 Å². The predicted octanol–water partition coefficient (Wildman–Crippen LogP) is 3.20. The Balaban J connectivity index is 1.52. The molecule has 2 N–H and O–H groups in total. The number of H-pyrrole nitrogens is 2. The van der Waals surface area contributed by atoms with Gasteiger partial charge in [0.15, 0.2) is 11.5 Å². The molecule has 0 amide bonds. The van der Waals surface area contributed by atoms with E-state index in [0.717, 1.165) is 22.3 Å². The van der Waals surface area contributed by atoms with Gasteiger partial charge in [0.25, 0.3) is 5.56 Å². The molecule has 0 unspecified atom stereocenters. The molecule has 2 aromatic carbocycles. The van der Waals surface area contributed by atoms with E-state index in [2.05, 4.69) is 9.97 Å². The Labute approximate surface area is 160 Å². The number of para-hydroxylation sites is 2. The second-order valence-electron chi connectivity index (χ2n) is 6.37. The minimum Gasteiger partial charge on any atom is -0.488 e. The third-order valence-electron chi connectivity index (χ3n) is 4.31. The predicted molar refractivity (Wildman–Crippen MR) is 106 cm³/mol. The molecular weight excluding hydrogens is 358 g/mol. The molecule has 2 aromatic heterocycles. The van der Waals surface area contributed by atoms with Gasteiger partial charge in [-0.15, -0.1) is 0 Å². The highest BCUT2D eigenvalue weighted by molar-refractivity contribution is 5.87. The van der Waals surface area contributed by atoms with Crippen LogP contribution in [0.2, 0.25) is 0 Å². The number of benzene rings is 2. The van der Waals surface area contributed by atoms with Gasteiger partial charge in [-0.05, 0) is 37.3 Å². The highest BCUT2D eigenvalue weighted by atomic mass is 16.5. The molecule has 4 aromatic rings. The number of nitrogens with zero attached hydrogens (tertiary/aromatic N) is 1. The number of fused-ring (bicyclic) bond motifs is 1. The van der Waals surface area contributed by atoms with Gasteiger partial charge in [-0.25, -0.2) is 4.79 Å². The van der Waals surface area contributed by atoms with E-state index in [-0.39, 0.29) is 6.61 Å². The molecular formula is C21H19N3O4. The van der Waals surface area contributed by atoms with Crippen molar-refractivity contribution >= 4 is 10.9 Å². The molecule has 0 spiro atoms. The molecule has 7 nitrogen and oxygen atoms in total. The van der Waals surface area contributed by atoms with Crippen molar-refractivity contribution in [3.8, 4) is 17.2 Å². The third-order valence-corrected chi connectivity index (χ3v) is 4.31. The molecule has 2 heterocycles. The van der Waals surface area contributed by atoms with E-state index in [1.54, 1.807) is 0 Å².